The van der Waals surface area contributed by atoms with E-state index in [1.807, 2.05) is 24.3 Å². The van der Waals surface area contributed by atoms with E-state index in [2.05, 4.69) is 181 Å². The lowest BCUT2D eigenvalue weighted by atomic mass is 9.97. The van der Waals surface area contributed by atoms with Gasteiger partial charge in [0.2, 0.25) is 0 Å². The highest BCUT2D eigenvalue weighted by atomic mass is 16.3. The molecule has 0 aliphatic rings. The van der Waals surface area contributed by atoms with E-state index in [-0.39, 0.29) is 0 Å². The summed E-state index contributed by atoms with van der Waals surface area (Å²) in [5, 5.41) is 6.90. The largest absolute Gasteiger partial charge is 0.456 e. The highest BCUT2D eigenvalue weighted by Gasteiger charge is 2.21. The molecule has 0 aliphatic carbocycles. The number of hydrogen-bond acceptors (Lipinski definition) is 3. The van der Waals surface area contributed by atoms with Crippen LogP contribution in [0.3, 0.4) is 0 Å². The third-order valence-electron chi connectivity index (χ3n) is 10.9. The summed E-state index contributed by atoms with van der Waals surface area (Å²) in [4.78, 5) is 2.35. The molecule has 0 N–H and O–H groups in total. The van der Waals surface area contributed by atoms with Gasteiger partial charge in [-0.1, -0.05) is 140 Å². The maximum atomic E-state index is 6.58. The fourth-order valence-corrected chi connectivity index (χ4v) is 8.19. The zero-order valence-electron chi connectivity index (χ0n) is 29.8. The van der Waals surface area contributed by atoms with Crippen LogP contribution in [0.15, 0.2) is 209 Å². The molecular weight excluding hydrogens is 671 g/mol. The smallest absolute Gasteiger partial charge is 0.143 e. The van der Waals surface area contributed by atoms with Crippen molar-refractivity contribution in [2.75, 3.05) is 4.90 Å². The molecule has 0 bridgehead atoms. The topological polar surface area (TPSA) is 29.5 Å². The Labute approximate surface area is 317 Å². The van der Waals surface area contributed by atoms with Gasteiger partial charge in [-0.25, -0.2) is 0 Å². The molecule has 0 fully saturated rings. The first-order valence-corrected chi connectivity index (χ1v) is 18.7. The van der Waals surface area contributed by atoms with Crippen molar-refractivity contribution in [2.45, 2.75) is 0 Å². The van der Waals surface area contributed by atoms with Gasteiger partial charge in [-0.3, -0.25) is 0 Å². The molecule has 0 unspecified atom stereocenters. The van der Waals surface area contributed by atoms with E-state index in [1.165, 1.54) is 27.5 Å². The van der Waals surface area contributed by atoms with Gasteiger partial charge < -0.3 is 13.7 Å². The van der Waals surface area contributed by atoms with Crippen LogP contribution in [0.1, 0.15) is 0 Å². The number of nitrogens with zero attached hydrogens (tertiary/aromatic N) is 1. The third-order valence-corrected chi connectivity index (χ3v) is 10.9. The van der Waals surface area contributed by atoms with E-state index >= 15 is 0 Å². The molecule has 2 aromatic heterocycles. The molecule has 0 saturated heterocycles. The quantitative estimate of drug-likeness (QED) is 0.173. The Kier molecular flexibility index (Phi) is 7.17. The Bertz CT molecular complexity index is 3220. The predicted molar refractivity (Wildman–Crippen MR) is 229 cm³/mol. The number of benzene rings is 9. The molecular formula is C52H33NO2. The average Bonchev–Trinajstić information content (AvgIpc) is 3.83. The second-order valence-electron chi connectivity index (χ2n) is 14.1. The monoisotopic (exact) mass is 703 g/mol. The third kappa shape index (κ3) is 5.28. The number of para-hydroxylation sites is 4. The summed E-state index contributed by atoms with van der Waals surface area (Å²) in [5.41, 5.74) is 13.5. The van der Waals surface area contributed by atoms with Crippen LogP contribution in [0, 0.1) is 0 Å². The van der Waals surface area contributed by atoms with E-state index in [9.17, 15) is 0 Å². The van der Waals surface area contributed by atoms with E-state index in [0.717, 1.165) is 77.6 Å². The summed E-state index contributed by atoms with van der Waals surface area (Å²) in [6, 6.07) is 71.1. The van der Waals surface area contributed by atoms with Crippen LogP contribution in [-0.2, 0) is 0 Å². The molecule has 3 nitrogen and oxygen atoms in total. The summed E-state index contributed by atoms with van der Waals surface area (Å²) in [6.45, 7) is 0. The molecule has 9 aromatic carbocycles. The minimum atomic E-state index is 0.867. The van der Waals surface area contributed by atoms with Gasteiger partial charge in [0.1, 0.15) is 22.3 Å². The molecule has 0 saturated carbocycles. The molecule has 0 spiro atoms. The van der Waals surface area contributed by atoms with Crippen LogP contribution in [-0.4, -0.2) is 0 Å². The van der Waals surface area contributed by atoms with E-state index in [4.69, 9.17) is 8.83 Å². The Morgan fingerprint density at radius 2 is 0.891 bits per heavy atom. The number of furan rings is 2. The summed E-state index contributed by atoms with van der Waals surface area (Å²) in [6.07, 6.45) is 0. The summed E-state index contributed by atoms with van der Waals surface area (Å²) >= 11 is 0. The second-order valence-corrected chi connectivity index (χ2v) is 14.1. The fraction of sp³-hybridized carbons (Fsp3) is 0. The lowest BCUT2D eigenvalue weighted by Crippen LogP contribution is -2.11. The van der Waals surface area contributed by atoms with E-state index in [1.54, 1.807) is 0 Å². The van der Waals surface area contributed by atoms with Gasteiger partial charge in [0.25, 0.3) is 0 Å². The molecule has 0 atom stereocenters. The first-order valence-electron chi connectivity index (χ1n) is 18.7. The molecule has 55 heavy (non-hydrogen) atoms. The van der Waals surface area contributed by atoms with Crippen molar-refractivity contribution in [1.82, 2.24) is 0 Å². The van der Waals surface area contributed by atoms with Crippen molar-refractivity contribution in [3.8, 4) is 33.4 Å². The maximum absolute atomic E-state index is 6.58. The summed E-state index contributed by atoms with van der Waals surface area (Å²) < 4.78 is 12.8. The molecule has 3 heteroatoms. The fourth-order valence-electron chi connectivity index (χ4n) is 8.19. The van der Waals surface area contributed by atoms with Gasteiger partial charge in [-0.05, 0) is 93.7 Å². The second kappa shape index (κ2) is 12.6. The zero-order valence-corrected chi connectivity index (χ0v) is 29.8. The Hall–Kier alpha value is -7.36. The van der Waals surface area contributed by atoms with Crippen molar-refractivity contribution in [2.24, 2.45) is 0 Å². The summed E-state index contributed by atoms with van der Waals surface area (Å²) in [5.74, 6) is 0. The maximum Gasteiger partial charge on any atom is 0.143 e. The van der Waals surface area contributed by atoms with E-state index in [0.29, 0.717) is 0 Å². The number of rotatable bonds is 6. The van der Waals surface area contributed by atoms with E-state index < -0.39 is 0 Å². The minimum Gasteiger partial charge on any atom is -0.456 e. The van der Waals surface area contributed by atoms with Gasteiger partial charge in [0, 0.05) is 44.0 Å². The highest BCUT2D eigenvalue weighted by Crippen LogP contribution is 2.45. The Morgan fingerprint density at radius 3 is 1.75 bits per heavy atom. The van der Waals surface area contributed by atoms with Crippen LogP contribution in [0.5, 0.6) is 0 Å². The van der Waals surface area contributed by atoms with Crippen molar-refractivity contribution in [1.29, 1.82) is 0 Å². The van der Waals surface area contributed by atoms with Gasteiger partial charge >= 0.3 is 0 Å². The molecule has 0 radical (unpaired) electrons. The molecule has 11 rings (SSSR count). The van der Waals surface area contributed by atoms with Gasteiger partial charge in [0.05, 0.1) is 5.69 Å². The predicted octanol–water partition coefficient (Wildman–Crippen LogP) is 15.1. The minimum absolute atomic E-state index is 0.867. The first-order chi connectivity index (χ1) is 27.2. The Morgan fingerprint density at radius 1 is 0.309 bits per heavy atom. The summed E-state index contributed by atoms with van der Waals surface area (Å²) in [7, 11) is 0. The van der Waals surface area contributed by atoms with Crippen LogP contribution in [0.4, 0.5) is 17.1 Å². The zero-order chi connectivity index (χ0) is 36.3. The Balaban J connectivity index is 1.06. The molecule has 2 heterocycles. The van der Waals surface area contributed by atoms with Crippen molar-refractivity contribution < 1.29 is 8.83 Å². The number of anilines is 3. The van der Waals surface area contributed by atoms with Crippen molar-refractivity contribution in [3.63, 3.8) is 0 Å². The molecule has 11 aromatic rings. The normalized spacial score (nSPS) is 11.6. The van der Waals surface area contributed by atoms with Gasteiger partial charge in [-0.15, -0.1) is 0 Å². The molecule has 258 valence electrons. The van der Waals surface area contributed by atoms with Crippen LogP contribution in [0.2, 0.25) is 0 Å². The number of hydrogen-bond donors (Lipinski definition) is 0. The standard InChI is InChI=1S/C52H33NO2/c1-2-12-36-32-39(24-23-34(36)11-1)38-14-9-13-37(31-38)35-25-27-40(28-26-35)53(41-29-30-51-47(33-41)44-17-5-7-21-49(44)54-51)48-20-6-3-15-42(48)45-18-10-19-46-43-16-4-8-22-50(43)55-52(45)46/h1-33H. The van der Waals surface area contributed by atoms with Crippen molar-refractivity contribution in [3.05, 3.63) is 200 Å². The highest BCUT2D eigenvalue weighted by molar-refractivity contribution is 6.11. The average molecular weight is 704 g/mol. The lowest BCUT2D eigenvalue weighted by Gasteiger charge is -2.28. The van der Waals surface area contributed by atoms with Crippen LogP contribution >= 0.6 is 0 Å². The number of fused-ring (bicyclic) bond motifs is 7. The van der Waals surface area contributed by atoms with Crippen LogP contribution < -0.4 is 4.90 Å². The van der Waals surface area contributed by atoms with Crippen molar-refractivity contribution >= 4 is 71.7 Å². The lowest BCUT2D eigenvalue weighted by molar-refractivity contribution is 0.669. The van der Waals surface area contributed by atoms with Gasteiger partial charge in [-0.2, -0.15) is 0 Å². The first kappa shape index (κ1) is 31.2. The van der Waals surface area contributed by atoms with Gasteiger partial charge in [0.15, 0.2) is 0 Å². The molecule has 0 aliphatic heterocycles. The SMILES string of the molecule is c1cc(-c2ccc(N(c3ccc4oc5ccccc5c4c3)c3ccccc3-c3cccc4c3oc3ccccc34)cc2)cc(-c2ccc3ccccc3c2)c1. The van der Waals surface area contributed by atoms with Crippen LogP contribution in [0.25, 0.3) is 88.0 Å². The molecule has 0 amide bonds.